The first kappa shape index (κ1) is 9.84. The number of nitrogens with two attached hydrogens (primary N) is 1. The molecule has 4 nitrogen and oxygen atoms in total. The van der Waals surface area contributed by atoms with Crippen molar-refractivity contribution in [3.8, 4) is 23.8 Å². The molecule has 0 fully saturated rings. The van der Waals surface area contributed by atoms with E-state index >= 15 is 0 Å². The van der Waals surface area contributed by atoms with Crippen LogP contribution in [0.15, 0.2) is 24.3 Å². The molecule has 1 aliphatic heterocycles. The number of terminal acetylenes is 1. The fourth-order valence-electron chi connectivity index (χ4n) is 1.46. The van der Waals surface area contributed by atoms with E-state index in [2.05, 4.69) is 11.3 Å². The van der Waals surface area contributed by atoms with Crippen molar-refractivity contribution in [1.82, 2.24) is 5.43 Å². The zero-order valence-corrected chi connectivity index (χ0v) is 8.14. The minimum Gasteiger partial charge on any atom is -0.486 e. The van der Waals surface area contributed by atoms with Gasteiger partial charge in [-0.25, -0.2) is 5.43 Å². The molecule has 78 valence electrons. The van der Waals surface area contributed by atoms with Gasteiger partial charge in [-0.05, 0) is 12.1 Å². The van der Waals surface area contributed by atoms with Crippen LogP contribution in [-0.2, 0) is 0 Å². The summed E-state index contributed by atoms with van der Waals surface area (Å²) < 4.78 is 11.2. The van der Waals surface area contributed by atoms with Gasteiger partial charge in [0.15, 0.2) is 17.6 Å². The van der Waals surface area contributed by atoms with E-state index in [1.165, 1.54) is 0 Å². The Morgan fingerprint density at radius 1 is 1.47 bits per heavy atom. The molecule has 1 aromatic rings. The molecule has 0 aromatic heterocycles. The quantitative estimate of drug-likeness (QED) is 0.413. The van der Waals surface area contributed by atoms with Crippen LogP contribution in [0.3, 0.4) is 0 Å². The third-order valence-electron chi connectivity index (χ3n) is 2.26. The third kappa shape index (κ3) is 1.89. The lowest BCUT2D eigenvalue weighted by Gasteiger charge is -2.29. The predicted molar refractivity (Wildman–Crippen MR) is 56.3 cm³/mol. The summed E-state index contributed by atoms with van der Waals surface area (Å²) in [7, 11) is 0. The molecule has 0 amide bonds. The maximum absolute atomic E-state index is 5.67. The van der Waals surface area contributed by atoms with Gasteiger partial charge in [-0.3, -0.25) is 5.84 Å². The lowest BCUT2D eigenvalue weighted by Crippen LogP contribution is -2.49. The maximum Gasteiger partial charge on any atom is 0.161 e. The molecular formula is C11H12N2O2. The third-order valence-corrected chi connectivity index (χ3v) is 2.26. The fourth-order valence-corrected chi connectivity index (χ4v) is 1.46. The first-order valence-corrected chi connectivity index (χ1v) is 4.66. The summed E-state index contributed by atoms with van der Waals surface area (Å²) in [5.41, 5.74) is 2.51. The van der Waals surface area contributed by atoms with E-state index in [1.807, 2.05) is 24.3 Å². The summed E-state index contributed by atoms with van der Waals surface area (Å²) in [6, 6.07) is 7.12. The highest BCUT2D eigenvalue weighted by Crippen LogP contribution is 2.31. The van der Waals surface area contributed by atoms with Crippen molar-refractivity contribution in [1.29, 1.82) is 0 Å². The Morgan fingerprint density at radius 2 is 2.20 bits per heavy atom. The first-order chi connectivity index (χ1) is 7.35. The molecule has 0 saturated heterocycles. The normalized spacial score (nSPS) is 20.4. The van der Waals surface area contributed by atoms with Crippen molar-refractivity contribution < 1.29 is 9.47 Å². The van der Waals surface area contributed by atoms with Gasteiger partial charge in [0.2, 0.25) is 0 Å². The van der Waals surface area contributed by atoms with Crippen LogP contribution >= 0.6 is 0 Å². The topological polar surface area (TPSA) is 56.5 Å². The molecule has 0 aliphatic carbocycles. The number of benzene rings is 1. The largest absolute Gasteiger partial charge is 0.486 e. The molecule has 1 aromatic carbocycles. The van der Waals surface area contributed by atoms with E-state index in [0.29, 0.717) is 12.4 Å². The molecule has 2 rings (SSSR count). The Labute approximate surface area is 88.3 Å². The second kappa shape index (κ2) is 4.22. The highest BCUT2D eigenvalue weighted by molar-refractivity contribution is 5.41. The standard InChI is InChI=1S/C11H12N2O2/c1-2-8(13-12)11-7-14-9-5-3-4-6-10(9)15-11/h1,3-6,8,11,13H,7,12H2. The van der Waals surface area contributed by atoms with E-state index < -0.39 is 0 Å². The number of hydrogen-bond acceptors (Lipinski definition) is 4. The molecule has 2 unspecified atom stereocenters. The Bertz CT molecular complexity index is 386. The molecular weight excluding hydrogens is 192 g/mol. The number of nitrogens with one attached hydrogen (secondary N) is 1. The van der Waals surface area contributed by atoms with Crippen LogP contribution in [0, 0.1) is 12.3 Å². The van der Waals surface area contributed by atoms with Crippen LogP contribution in [0.2, 0.25) is 0 Å². The van der Waals surface area contributed by atoms with Gasteiger partial charge in [-0.2, -0.15) is 0 Å². The lowest BCUT2D eigenvalue weighted by molar-refractivity contribution is 0.0760. The van der Waals surface area contributed by atoms with E-state index in [4.69, 9.17) is 21.7 Å². The van der Waals surface area contributed by atoms with Crippen LogP contribution in [0.4, 0.5) is 0 Å². The summed E-state index contributed by atoms with van der Waals surface area (Å²) in [6.07, 6.45) is 5.05. The number of ether oxygens (including phenoxy) is 2. The van der Waals surface area contributed by atoms with Gasteiger partial charge in [-0.15, -0.1) is 6.42 Å². The SMILES string of the molecule is C#CC(NN)C1COc2ccccc2O1. The summed E-state index contributed by atoms with van der Waals surface area (Å²) in [5, 5.41) is 0. The van der Waals surface area contributed by atoms with E-state index in [1.54, 1.807) is 0 Å². The maximum atomic E-state index is 5.67. The summed E-state index contributed by atoms with van der Waals surface area (Å²) in [4.78, 5) is 0. The van der Waals surface area contributed by atoms with Crippen molar-refractivity contribution >= 4 is 0 Å². The molecule has 1 heterocycles. The second-order valence-electron chi connectivity index (χ2n) is 3.23. The lowest BCUT2D eigenvalue weighted by atomic mass is 10.1. The summed E-state index contributed by atoms with van der Waals surface area (Å²) in [6.45, 7) is 0.399. The minimum absolute atomic E-state index is 0.255. The second-order valence-corrected chi connectivity index (χ2v) is 3.23. The van der Waals surface area contributed by atoms with Crippen molar-refractivity contribution in [3.05, 3.63) is 24.3 Å². The smallest absolute Gasteiger partial charge is 0.161 e. The summed E-state index contributed by atoms with van der Waals surface area (Å²) >= 11 is 0. The molecule has 4 heteroatoms. The average molecular weight is 204 g/mol. The molecule has 0 bridgehead atoms. The highest BCUT2D eigenvalue weighted by atomic mass is 16.6. The van der Waals surface area contributed by atoms with Gasteiger partial charge in [-0.1, -0.05) is 18.1 Å². The van der Waals surface area contributed by atoms with Crippen molar-refractivity contribution in [2.75, 3.05) is 6.61 Å². The monoisotopic (exact) mass is 204 g/mol. The number of rotatable bonds is 2. The van der Waals surface area contributed by atoms with Crippen molar-refractivity contribution in [3.63, 3.8) is 0 Å². The molecule has 0 spiro atoms. The number of hydrogen-bond donors (Lipinski definition) is 2. The molecule has 15 heavy (non-hydrogen) atoms. The van der Waals surface area contributed by atoms with Crippen molar-refractivity contribution in [2.24, 2.45) is 5.84 Å². The van der Waals surface area contributed by atoms with Crippen LogP contribution in [0.1, 0.15) is 0 Å². The average Bonchev–Trinajstić information content (AvgIpc) is 2.30. The van der Waals surface area contributed by atoms with E-state index in [9.17, 15) is 0 Å². The Hall–Kier alpha value is -1.70. The number of para-hydroxylation sites is 2. The van der Waals surface area contributed by atoms with Crippen LogP contribution in [0.25, 0.3) is 0 Å². The van der Waals surface area contributed by atoms with Crippen LogP contribution in [0.5, 0.6) is 11.5 Å². The zero-order valence-electron chi connectivity index (χ0n) is 8.14. The first-order valence-electron chi connectivity index (χ1n) is 4.66. The Balaban J connectivity index is 2.15. The van der Waals surface area contributed by atoms with Gasteiger partial charge < -0.3 is 9.47 Å². The minimum atomic E-state index is -0.349. The van der Waals surface area contributed by atoms with E-state index in [-0.39, 0.29) is 12.1 Å². The van der Waals surface area contributed by atoms with Gasteiger partial charge in [0.25, 0.3) is 0 Å². The van der Waals surface area contributed by atoms with Gasteiger partial charge in [0.1, 0.15) is 12.6 Å². The molecule has 0 radical (unpaired) electrons. The van der Waals surface area contributed by atoms with Gasteiger partial charge in [0.05, 0.1) is 0 Å². The predicted octanol–water partition coefficient (Wildman–Crippen LogP) is 0.291. The zero-order chi connectivity index (χ0) is 10.7. The number of hydrazine groups is 1. The Morgan fingerprint density at radius 3 is 2.87 bits per heavy atom. The van der Waals surface area contributed by atoms with Gasteiger partial charge in [0, 0.05) is 0 Å². The molecule has 1 aliphatic rings. The molecule has 2 atom stereocenters. The van der Waals surface area contributed by atoms with Crippen LogP contribution < -0.4 is 20.7 Å². The molecule has 0 saturated carbocycles. The highest BCUT2D eigenvalue weighted by Gasteiger charge is 2.26. The molecule has 3 N–H and O–H groups in total. The van der Waals surface area contributed by atoms with Crippen LogP contribution in [-0.4, -0.2) is 18.8 Å². The fraction of sp³-hybridized carbons (Fsp3) is 0.273. The van der Waals surface area contributed by atoms with E-state index in [0.717, 1.165) is 5.75 Å². The number of fused-ring (bicyclic) bond motifs is 1. The van der Waals surface area contributed by atoms with Gasteiger partial charge >= 0.3 is 0 Å². The Kier molecular flexibility index (Phi) is 2.77. The summed E-state index contributed by atoms with van der Waals surface area (Å²) in [5.74, 6) is 9.25. The van der Waals surface area contributed by atoms with Crippen molar-refractivity contribution in [2.45, 2.75) is 12.1 Å².